The van der Waals surface area contributed by atoms with Gasteiger partial charge in [-0.2, -0.15) is 0 Å². The largest absolute Gasteiger partial charge is 0.493 e. The van der Waals surface area contributed by atoms with Crippen molar-refractivity contribution in [3.63, 3.8) is 0 Å². The van der Waals surface area contributed by atoms with Crippen LogP contribution in [0.1, 0.15) is 11.1 Å². The molecule has 0 unspecified atom stereocenters. The molecule has 19 heavy (non-hydrogen) atoms. The predicted octanol–water partition coefficient (Wildman–Crippen LogP) is 2.99. The van der Waals surface area contributed by atoms with E-state index in [9.17, 15) is 0 Å². The minimum absolute atomic E-state index is 0.542. The number of hydrogen-bond donors (Lipinski definition) is 1. The summed E-state index contributed by atoms with van der Waals surface area (Å²) in [6.07, 6.45) is 0. The van der Waals surface area contributed by atoms with Crippen LogP contribution in [0.3, 0.4) is 0 Å². The number of rotatable bonds is 6. The smallest absolute Gasteiger partial charge is 0.161 e. The molecule has 0 fully saturated rings. The molecule has 0 saturated carbocycles. The zero-order valence-electron chi connectivity index (χ0n) is 11.3. The predicted molar refractivity (Wildman–Crippen MR) is 76.5 cm³/mol. The van der Waals surface area contributed by atoms with Crippen LogP contribution in [0.5, 0.6) is 11.5 Å². The Kier molecular flexibility index (Phi) is 4.81. The van der Waals surface area contributed by atoms with Crippen LogP contribution in [0.2, 0.25) is 0 Å². The van der Waals surface area contributed by atoms with Crippen molar-refractivity contribution >= 4 is 0 Å². The third kappa shape index (κ3) is 3.73. The fourth-order valence-corrected chi connectivity index (χ4v) is 1.86. The number of ether oxygens (including phenoxy) is 2. The van der Waals surface area contributed by atoms with E-state index >= 15 is 0 Å². The fraction of sp³-hybridized carbons (Fsp3) is 0.250. The Hall–Kier alpha value is -2.00. The van der Waals surface area contributed by atoms with Crippen LogP contribution in [-0.4, -0.2) is 14.2 Å². The van der Waals surface area contributed by atoms with E-state index < -0.39 is 0 Å². The summed E-state index contributed by atoms with van der Waals surface area (Å²) in [4.78, 5) is 0. The molecule has 1 N–H and O–H groups in total. The van der Waals surface area contributed by atoms with Crippen molar-refractivity contribution in [1.29, 1.82) is 0 Å². The average molecular weight is 257 g/mol. The molecule has 3 heteroatoms. The minimum atomic E-state index is 0.542. The Bertz CT molecular complexity index is 508. The second kappa shape index (κ2) is 6.81. The zero-order valence-corrected chi connectivity index (χ0v) is 11.3. The summed E-state index contributed by atoms with van der Waals surface area (Å²) in [5.41, 5.74) is 2.41. The molecule has 0 atom stereocenters. The molecule has 0 saturated heterocycles. The van der Waals surface area contributed by atoms with Crippen LogP contribution in [0.4, 0.5) is 0 Å². The van der Waals surface area contributed by atoms with Gasteiger partial charge in [-0.3, -0.25) is 0 Å². The normalized spacial score (nSPS) is 10.2. The van der Waals surface area contributed by atoms with Gasteiger partial charge in [-0.1, -0.05) is 36.4 Å². The highest BCUT2D eigenvalue weighted by atomic mass is 16.5. The molecule has 0 spiro atoms. The molecular weight excluding hydrogens is 238 g/mol. The van der Waals surface area contributed by atoms with Crippen LogP contribution in [0.25, 0.3) is 0 Å². The highest BCUT2D eigenvalue weighted by molar-refractivity contribution is 5.39. The quantitative estimate of drug-likeness (QED) is 0.863. The summed E-state index contributed by atoms with van der Waals surface area (Å²) in [7, 11) is 3.59. The molecule has 0 radical (unpaired) electrons. The van der Waals surface area contributed by atoms with Gasteiger partial charge in [0.1, 0.15) is 6.61 Å². The lowest BCUT2D eigenvalue weighted by Gasteiger charge is -2.10. The number of nitrogens with one attached hydrogen (secondary N) is 1. The van der Waals surface area contributed by atoms with E-state index in [-0.39, 0.29) is 0 Å². The van der Waals surface area contributed by atoms with Crippen molar-refractivity contribution in [2.75, 3.05) is 14.2 Å². The maximum atomic E-state index is 5.77. The van der Waals surface area contributed by atoms with Crippen LogP contribution in [0, 0.1) is 0 Å². The van der Waals surface area contributed by atoms with Crippen molar-refractivity contribution in [3.8, 4) is 11.5 Å². The van der Waals surface area contributed by atoms with Gasteiger partial charge in [0.15, 0.2) is 11.5 Å². The van der Waals surface area contributed by atoms with E-state index in [4.69, 9.17) is 9.47 Å². The zero-order chi connectivity index (χ0) is 13.5. The van der Waals surface area contributed by atoms with Crippen LogP contribution in [-0.2, 0) is 13.2 Å². The Morgan fingerprint density at radius 3 is 2.16 bits per heavy atom. The molecule has 0 heterocycles. The van der Waals surface area contributed by atoms with Crippen molar-refractivity contribution in [1.82, 2.24) is 5.32 Å². The Balaban J connectivity index is 1.98. The van der Waals surface area contributed by atoms with Gasteiger partial charge >= 0.3 is 0 Å². The Labute approximate surface area is 114 Å². The molecule has 2 rings (SSSR count). The maximum Gasteiger partial charge on any atom is 0.161 e. The molecule has 2 aromatic carbocycles. The fourth-order valence-electron chi connectivity index (χ4n) is 1.86. The lowest BCUT2D eigenvalue weighted by atomic mass is 10.1. The average Bonchev–Trinajstić information content (AvgIpc) is 2.47. The first-order valence-corrected chi connectivity index (χ1v) is 6.31. The molecule has 0 amide bonds. The van der Waals surface area contributed by atoms with E-state index in [2.05, 4.69) is 29.6 Å². The molecule has 0 aromatic heterocycles. The minimum Gasteiger partial charge on any atom is -0.493 e. The van der Waals surface area contributed by atoms with E-state index in [0.717, 1.165) is 23.6 Å². The maximum absolute atomic E-state index is 5.77. The Morgan fingerprint density at radius 2 is 1.53 bits per heavy atom. The second-order valence-corrected chi connectivity index (χ2v) is 4.29. The molecule has 0 aliphatic heterocycles. The van der Waals surface area contributed by atoms with E-state index in [1.165, 1.54) is 5.56 Å². The summed E-state index contributed by atoms with van der Waals surface area (Å²) >= 11 is 0. The first kappa shape index (κ1) is 13.4. The third-order valence-electron chi connectivity index (χ3n) is 2.87. The van der Waals surface area contributed by atoms with Crippen LogP contribution in [0.15, 0.2) is 48.5 Å². The third-order valence-corrected chi connectivity index (χ3v) is 2.87. The lowest BCUT2D eigenvalue weighted by Crippen LogP contribution is -2.05. The topological polar surface area (TPSA) is 30.5 Å². The molecule has 2 aromatic rings. The molecule has 0 bridgehead atoms. The number of methoxy groups -OCH3 is 1. The van der Waals surface area contributed by atoms with E-state index in [1.54, 1.807) is 7.11 Å². The summed E-state index contributed by atoms with van der Waals surface area (Å²) in [6.45, 7) is 1.42. The first-order valence-electron chi connectivity index (χ1n) is 6.31. The molecule has 100 valence electrons. The summed E-state index contributed by atoms with van der Waals surface area (Å²) in [5, 5.41) is 3.13. The van der Waals surface area contributed by atoms with Gasteiger partial charge in [-0.25, -0.2) is 0 Å². The van der Waals surface area contributed by atoms with Gasteiger partial charge in [0.05, 0.1) is 7.11 Å². The summed E-state index contributed by atoms with van der Waals surface area (Å²) in [5.74, 6) is 1.53. The highest BCUT2D eigenvalue weighted by Gasteiger charge is 2.02. The monoisotopic (exact) mass is 257 g/mol. The number of para-hydroxylation sites is 2. The molecule has 0 aliphatic rings. The van der Waals surface area contributed by atoms with E-state index in [0.29, 0.717) is 6.61 Å². The lowest BCUT2D eigenvalue weighted by molar-refractivity contribution is 0.284. The van der Waals surface area contributed by atoms with Gasteiger partial charge in [0.25, 0.3) is 0 Å². The number of hydrogen-bond acceptors (Lipinski definition) is 3. The second-order valence-electron chi connectivity index (χ2n) is 4.29. The molecule has 0 aliphatic carbocycles. The first-order chi connectivity index (χ1) is 9.33. The van der Waals surface area contributed by atoms with Crippen molar-refractivity contribution in [2.45, 2.75) is 13.2 Å². The Morgan fingerprint density at radius 1 is 0.895 bits per heavy atom. The van der Waals surface area contributed by atoms with Gasteiger partial charge in [0, 0.05) is 6.54 Å². The molecular formula is C16H19NO2. The molecule has 3 nitrogen and oxygen atoms in total. The summed E-state index contributed by atoms with van der Waals surface area (Å²) in [6, 6.07) is 16.1. The van der Waals surface area contributed by atoms with Crippen LogP contribution < -0.4 is 14.8 Å². The van der Waals surface area contributed by atoms with Gasteiger partial charge in [-0.15, -0.1) is 0 Å². The van der Waals surface area contributed by atoms with Crippen molar-refractivity contribution in [2.24, 2.45) is 0 Å². The number of benzene rings is 2. The SMILES string of the molecule is CNCc1ccc(COc2ccccc2OC)cc1. The van der Waals surface area contributed by atoms with Crippen LogP contribution >= 0.6 is 0 Å². The van der Waals surface area contributed by atoms with E-state index in [1.807, 2.05) is 31.3 Å². The highest BCUT2D eigenvalue weighted by Crippen LogP contribution is 2.26. The van der Waals surface area contributed by atoms with Gasteiger partial charge < -0.3 is 14.8 Å². The standard InChI is InChI=1S/C16H19NO2/c1-17-11-13-7-9-14(10-8-13)12-19-16-6-4-3-5-15(16)18-2/h3-10,17H,11-12H2,1-2H3. The summed E-state index contributed by atoms with van der Waals surface area (Å²) < 4.78 is 11.0. The van der Waals surface area contributed by atoms with Gasteiger partial charge in [-0.05, 0) is 30.3 Å². The van der Waals surface area contributed by atoms with Gasteiger partial charge in [0.2, 0.25) is 0 Å². The van der Waals surface area contributed by atoms with Crippen molar-refractivity contribution < 1.29 is 9.47 Å². The van der Waals surface area contributed by atoms with Crippen molar-refractivity contribution in [3.05, 3.63) is 59.7 Å².